The van der Waals surface area contributed by atoms with E-state index in [2.05, 4.69) is 136 Å². The number of aryl methyl sites for hydroxylation is 1. The fourth-order valence-corrected chi connectivity index (χ4v) is 6.90. The second-order valence-electron chi connectivity index (χ2n) is 13.6. The molecule has 0 saturated carbocycles. The van der Waals surface area contributed by atoms with Crippen LogP contribution in [0.2, 0.25) is 0 Å². The van der Waals surface area contributed by atoms with Crippen LogP contribution in [0.1, 0.15) is 69.5 Å². The molecule has 5 nitrogen and oxygen atoms in total. The van der Waals surface area contributed by atoms with Crippen molar-refractivity contribution in [3.8, 4) is 23.0 Å². The molecule has 0 spiro atoms. The number of para-hydroxylation sites is 1. The molecule has 6 aromatic rings. The lowest BCUT2D eigenvalue weighted by molar-refractivity contribution is 0.482. The van der Waals surface area contributed by atoms with Gasteiger partial charge in [0, 0.05) is 46.3 Å². The first kappa shape index (κ1) is 28.9. The van der Waals surface area contributed by atoms with Crippen LogP contribution in [0.5, 0.6) is 11.5 Å². The molecule has 0 fully saturated rings. The van der Waals surface area contributed by atoms with Crippen molar-refractivity contribution < 1.29 is 4.74 Å². The Labute approximate surface area is 265 Å². The van der Waals surface area contributed by atoms with E-state index in [0.717, 1.165) is 51.8 Å². The van der Waals surface area contributed by atoms with Crippen LogP contribution < -0.4 is 4.74 Å². The lowest BCUT2D eigenvalue weighted by atomic mass is 9.80. The van der Waals surface area contributed by atoms with Crippen LogP contribution in [-0.4, -0.2) is 19.3 Å². The molecule has 2 atom stereocenters. The van der Waals surface area contributed by atoms with Crippen LogP contribution in [0, 0.1) is 19.8 Å². The highest BCUT2D eigenvalue weighted by Gasteiger charge is 2.26. The van der Waals surface area contributed by atoms with Gasteiger partial charge >= 0.3 is 0 Å². The minimum Gasteiger partial charge on any atom is -0.457 e. The van der Waals surface area contributed by atoms with Gasteiger partial charge in [0.1, 0.15) is 17.3 Å². The van der Waals surface area contributed by atoms with Crippen molar-refractivity contribution in [3.05, 3.63) is 125 Å². The van der Waals surface area contributed by atoms with E-state index >= 15 is 0 Å². The molecule has 0 amide bonds. The molecular weight excluding hydrogens is 552 g/mol. The van der Waals surface area contributed by atoms with E-state index in [9.17, 15) is 0 Å². The molecule has 226 valence electrons. The Morgan fingerprint density at radius 1 is 0.844 bits per heavy atom. The van der Waals surface area contributed by atoms with Crippen molar-refractivity contribution in [1.82, 2.24) is 19.3 Å². The highest BCUT2D eigenvalue weighted by molar-refractivity contribution is 6.09. The van der Waals surface area contributed by atoms with Crippen LogP contribution in [0.15, 0.2) is 102 Å². The summed E-state index contributed by atoms with van der Waals surface area (Å²) in [4.78, 5) is 4.82. The summed E-state index contributed by atoms with van der Waals surface area (Å²) in [5.74, 6) is 3.28. The van der Waals surface area contributed by atoms with Gasteiger partial charge in [-0.2, -0.15) is 5.10 Å². The van der Waals surface area contributed by atoms with Crippen molar-refractivity contribution in [2.75, 3.05) is 0 Å². The van der Waals surface area contributed by atoms with E-state index in [4.69, 9.17) is 14.8 Å². The van der Waals surface area contributed by atoms with Crippen LogP contribution >= 0.6 is 0 Å². The molecule has 3 aromatic carbocycles. The Hall–Kier alpha value is -4.86. The number of nitrogens with zero attached hydrogens (tertiary/aromatic N) is 4. The molecule has 0 aliphatic heterocycles. The molecule has 45 heavy (non-hydrogen) atoms. The largest absolute Gasteiger partial charge is 0.457 e. The number of hydrogen-bond acceptors (Lipinski definition) is 3. The molecule has 0 radical (unpaired) electrons. The van der Waals surface area contributed by atoms with Crippen LogP contribution in [0.4, 0.5) is 0 Å². The molecule has 0 unspecified atom stereocenters. The van der Waals surface area contributed by atoms with Gasteiger partial charge in [0.25, 0.3) is 0 Å². The van der Waals surface area contributed by atoms with Gasteiger partial charge in [0.15, 0.2) is 0 Å². The molecule has 5 heteroatoms. The first-order valence-electron chi connectivity index (χ1n) is 15.9. The van der Waals surface area contributed by atoms with Gasteiger partial charge in [0.2, 0.25) is 0 Å². The van der Waals surface area contributed by atoms with Gasteiger partial charge in [-0.3, -0.25) is 4.57 Å². The zero-order valence-corrected chi connectivity index (χ0v) is 27.2. The Bertz CT molecular complexity index is 2150. The Morgan fingerprint density at radius 3 is 2.42 bits per heavy atom. The summed E-state index contributed by atoms with van der Waals surface area (Å²) in [5, 5.41) is 7.35. The smallest absolute Gasteiger partial charge is 0.137 e. The standard InChI is InChI=1S/C40H40N4O/c1-25-15-17-33(26(2)21-25)39-27(3)42-44(28(39)4)30-11-10-12-31(23-30)45-32-16-18-35-34-13-8-9-14-36(34)43(37(35)24-32)38-22-29(19-20-41-38)40(5,6)7/h8-14,16-20,22-24,26,33H,21H2,1-7H3/t26-,33+/m0/s1. The third-order valence-electron chi connectivity index (χ3n) is 9.21. The summed E-state index contributed by atoms with van der Waals surface area (Å²) in [6.07, 6.45) is 5.21. The molecule has 1 aliphatic rings. The van der Waals surface area contributed by atoms with Crippen molar-refractivity contribution in [1.29, 1.82) is 0 Å². The van der Waals surface area contributed by atoms with Gasteiger partial charge in [-0.15, -0.1) is 5.73 Å². The number of hydrogen-bond donors (Lipinski definition) is 0. The summed E-state index contributed by atoms with van der Waals surface area (Å²) >= 11 is 0. The monoisotopic (exact) mass is 592 g/mol. The Morgan fingerprint density at radius 2 is 1.62 bits per heavy atom. The molecular formula is C40H40N4O. The number of ether oxygens (including phenoxy) is 1. The molecule has 0 N–H and O–H groups in total. The number of allylic oxidation sites excluding steroid dienone is 1. The highest BCUT2D eigenvalue weighted by atomic mass is 16.5. The van der Waals surface area contributed by atoms with Crippen molar-refractivity contribution >= 4 is 21.8 Å². The zero-order chi connectivity index (χ0) is 31.5. The van der Waals surface area contributed by atoms with Gasteiger partial charge < -0.3 is 4.74 Å². The lowest BCUT2D eigenvalue weighted by Gasteiger charge is -2.24. The second kappa shape index (κ2) is 10.9. The van der Waals surface area contributed by atoms with E-state index in [0.29, 0.717) is 11.8 Å². The molecule has 3 heterocycles. The van der Waals surface area contributed by atoms with Gasteiger partial charge in [0.05, 0.1) is 22.4 Å². The van der Waals surface area contributed by atoms with Gasteiger partial charge in [-0.05, 0) is 98.2 Å². The quantitative estimate of drug-likeness (QED) is 0.187. The van der Waals surface area contributed by atoms with Crippen LogP contribution in [0.3, 0.4) is 0 Å². The Balaban J connectivity index is 1.27. The number of rotatable bonds is 5. The molecule has 1 aliphatic carbocycles. The summed E-state index contributed by atoms with van der Waals surface area (Å²) in [5.41, 5.74) is 12.8. The van der Waals surface area contributed by atoms with Crippen molar-refractivity contribution in [3.63, 3.8) is 0 Å². The van der Waals surface area contributed by atoms with E-state index in [-0.39, 0.29) is 5.41 Å². The molecule has 7 rings (SSSR count). The SMILES string of the molecule is CC1=C=C[C@@H](c2c(C)nn(-c3cccc(Oc4ccc5c6ccccc6n(-c6cc(C(C)(C)C)ccn6)c5c4)c3)c2C)[C@@H](C)C1. The fourth-order valence-electron chi connectivity index (χ4n) is 6.90. The van der Waals surface area contributed by atoms with Crippen molar-refractivity contribution in [2.24, 2.45) is 5.92 Å². The van der Waals surface area contributed by atoms with Crippen molar-refractivity contribution in [2.45, 2.75) is 66.2 Å². The summed E-state index contributed by atoms with van der Waals surface area (Å²) in [6, 6.07) is 27.4. The van der Waals surface area contributed by atoms with Crippen LogP contribution in [-0.2, 0) is 5.41 Å². The maximum Gasteiger partial charge on any atom is 0.137 e. The van der Waals surface area contributed by atoms with E-state index < -0.39 is 0 Å². The first-order valence-corrected chi connectivity index (χ1v) is 15.9. The predicted octanol–water partition coefficient (Wildman–Crippen LogP) is 10.3. The summed E-state index contributed by atoms with van der Waals surface area (Å²) in [6.45, 7) is 15.5. The van der Waals surface area contributed by atoms with E-state index in [1.807, 2.05) is 18.3 Å². The summed E-state index contributed by atoms with van der Waals surface area (Å²) < 4.78 is 10.8. The predicted molar refractivity (Wildman–Crippen MR) is 184 cm³/mol. The van der Waals surface area contributed by atoms with Gasteiger partial charge in [-0.25, -0.2) is 9.67 Å². The molecule has 3 aromatic heterocycles. The molecule has 0 bridgehead atoms. The third kappa shape index (κ3) is 5.18. The van der Waals surface area contributed by atoms with E-state index in [1.165, 1.54) is 27.5 Å². The zero-order valence-electron chi connectivity index (χ0n) is 27.2. The first-order chi connectivity index (χ1) is 21.6. The molecule has 0 saturated heterocycles. The minimum atomic E-state index is 0.0173. The number of benzene rings is 3. The number of fused-ring (bicyclic) bond motifs is 3. The van der Waals surface area contributed by atoms with Crippen LogP contribution in [0.25, 0.3) is 33.3 Å². The fraction of sp³-hybridized carbons (Fsp3) is 0.275. The third-order valence-corrected chi connectivity index (χ3v) is 9.21. The highest BCUT2D eigenvalue weighted by Crippen LogP contribution is 2.38. The topological polar surface area (TPSA) is 44.9 Å². The average molecular weight is 593 g/mol. The minimum absolute atomic E-state index is 0.0173. The lowest BCUT2D eigenvalue weighted by Crippen LogP contribution is -2.12. The second-order valence-corrected chi connectivity index (χ2v) is 13.6. The number of pyridine rings is 1. The Kier molecular flexibility index (Phi) is 7.02. The average Bonchev–Trinajstić information content (AvgIpc) is 3.50. The van der Waals surface area contributed by atoms with E-state index in [1.54, 1.807) is 0 Å². The normalized spacial score (nSPS) is 16.8. The maximum atomic E-state index is 6.54. The number of aromatic nitrogens is 4. The van der Waals surface area contributed by atoms with Gasteiger partial charge in [-0.1, -0.05) is 52.0 Å². The maximum absolute atomic E-state index is 6.54. The summed E-state index contributed by atoms with van der Waals surface area (Å²) in [7, 11) is 0.